The highest BCUT2D eigenvalue weighted by Crippen LogP contribution is 2.25. The molecule has 0 heterocycles. The van der Waals surface area contributed by atoms with Crippen LogP contribution >= 0.6 is 0 Å². The molecule has 0 unspecified atom stereocenters. The predicted octanol–water partition coefficient (Wildman–Crippen LogP) is 0.660. The van der Waals surface area contributed by atoms with Gasteiger partial charge in [-0.15, -0.1) is 0 Å². The predicted molar refractivity (Wildman–Crippen MR) is 51.4 cm³/mol. The molecule has 1 rings (SSSR count). The number of aliphatic hydroxyl groups excluding tert-OH is 1. The molecule has 0 radical (unpaired) electrons. The van der Waals surface area contributed by atoms with Gasteiger partial charge in [0.05, 0.1) is 16.6 Å². The van der Waals surface area contributed by atoms with E-state index in [0.29, 0.717) is 0 Å². The van der Waals surface area contributed by atoms with Crippen molar-refractivity contribution in [2.75, 3.05) is 12.3 Å². The molecule has 0 bridgehead atoms. The van der Waals surface area contributed by atoms with Crippen molar-refractivity contribution in [3.05, 3.63) is 33.6 Å². The van der Waals surface area contributed by atoms with E-state index in [1.165, 1.54) is 0 Å². The van der Waals surface area contributed by atoms with Gasteiger partial charge in [0.15, 0.2) is 0 Å². The fourth-order valence-electron chi connectivity index (χ4n) is 0.993. The third-order valence-corrected chi connectivity index (χ3v) is 1.62. The lowest BCUT2D eigenvalue weighted by molar-refractivity contribution is -0.384. The van der Waals surface area contributed by atoms with Crippen LogP contribution in [0.4, 0.5) is 15.8 Å². The second-order valence-corrected chi connectivity index (χ2v) is 2.60. The number of hydrogen-bond donors (Lipinski definition) is 2. The van der Waals surface area contributed by atoms with Gasteiger partial charge in [-0.25, -0.2) is 4.39 Å². The molecule has 0 saturated heterocycles. The van der Waals surface area contributed by atoms with E-state index in [0.717, 1.165) is 12.1 Å². The van der Waals surface area contributed by atoms with Crippen molar-refractivity contribution < 1.29 is 14.4 Å². The Hall–Kier alpha value is -2.13. The molecule has 5 nitrogen and oxygen atoms in total. The standard InChI is InChI=1S/C9H7FN2O3/c10-7-4-6(2-1-3-13)9(11)8(5-7)12(14)15/h4-5,13H,3,11H2. The smallest absolute Gasteiger partial charge is 0.296 e. The van der Waals surface area contributed by atoms with Gasteiger partial charge in [-0.3, -0.25) is 10.1 Å². The molecule has 0 aliphatic heterocycles. The molecule has 0 amide bonds. The summed E-state index contributed by atoms with van der Waals surface area (Å²) in [5.74, 6) is 3.77. The average Bonchev–Trinajstić information content (AvgIpc) is 2.18. The first-order valence-electron chi connectivity index (χ1n) is 3.89. The van der Waals surface area contributed by atoms with E-state index < -0.39 is 23.0 Å². The van der Waals surface area contributed by atoms with Crippen LogP contribution in [0.2, 0.25) is 0 Å². The van der Waals surface area contributed by atoms with Crippen molar-refractivity contribution in [1.29, 1.82) is 0 Å². The van der Waals surface area contributed by atoms with E-state index in [4.69, 9.17) is 10.8 Å². The number of nitrogens with zero attached hydrogens (tertiary/aromatic N) is 1. The first-order valence-corrected chi connectivity index (χ1v) is 3.89. The zero-order valence-corrected chi connectivity index (χ0v) is 7.53. The molecule has 0 aliphatic rings. The third-order valence-electron chi connectivity index (χ3n) is 1.62. The van der Waals surface area contributed by atoms with Crippen LogP contribution in [0.3, 0.4) is 0 Å². The molecule has 0 fully saturated rings. The Kier molecular flexibility index (Phi) is 3.21. The molecule has 0 aliphatic carbocycles. The number of nitro benzene ring substituents is 1. The fourth-order valence-corrected chi connectivity index (χ4v) is 0.993. The van der Waals surface area contributed by atoms with Crippen LogP contribution in [0.1, 0.15) is 5.56 Å². The lowest BCUT2D eigenvalue weighted by atomic mass is 10.1. The summed E-state index contributed by atoms with van der Waals surface area (Å²) < 4.78 is 12.9. The lowest BCUT2D eigenvalue weighted by Gasteiger charge is -2.00. The van der Waals surface area contributed by atoms with E-state index in [1.54, 1.807) is 0 Å². The summed E-state index contributed by atoms with van der Waals surface area (Å²) in [5, 5.41) is 18.9. The summed E-state index contributed by atoms with van der Waals surface area (Å²) >= 11 is 0. The van der Waals surface area contributed by atoms with Crippen molar-refractivity contribution in [3.63, 3.8) is 0 Å². The molecule has 0 saturated carbocycles. The van der Waals surface area contributed by atoms with E-state index in [9.17, 15) is 14.5 Å². The Labute approximate surface area is 84.5 Å². The minimum absolute atomic E-state index is 0.00394. The molecule has 0 spiro atoms. The highest BCUT2D eigenvalue weighted by molar-refractivity contribution is 5.68. The Morgan fingerprint density at radius 2 is 2.27 bits per heavy atom. The SMILES string of the molecule is Nc1c(C#CCO)cc(F)cc1[N+](=O)[O-]. The molecule has 6 heteroatoms. The molecular formula is C9H7FN2O3. The Morgan fingerprint density at radius 1 is 1.60 bits per heavy atom. The largest absolute Gasteiger partial charge is 0.392 e. The summed E-state index contributed by atoms with van der Waals surface area (Å²) in [7, 11) is 0. The van der Waals surface area contributed by atoms with Gasteiger partial charge in [-0.1, -0.05) is 11.8 Å². The Balaban J connectivity index is 3.34. The zero-order chi connectivity index (χ0) is 11.4. The van der Waals surface area contributed by atoms with E-state index in [-0.39, 0.29) is 11.3 Å². The highest BCUT2D eigenvalue weighted by atomic mass is 19.1. The van der Waals surface area contributed by atoms with Gasteiger partial charge < -0.3 is 10.8 Å². The second kappa shape index (κ2) is 4.39. The second-order valence-electron chi connectivity index (χ2n) is 2.60. The van der Waals surface area contributed by atoms with Gasteiger partial charge in [0.25, 0.3) is 5.69 Å². The van der Waals surface area contributed by atoms with Crippen molar-refractivity contribution >= 4 is 11.4 Å². The number of halogens is 1. The lowest BCUT2D eigenvalue weighted by Crippen LogP contribution is -1.99. The van der Waals surface area contributed by atoms with Crippen LogP contribution in [-0.4, -0.2) is 16.6 Å². The van der Waals surface area contributed by atoms with Gasteiger partial charge in [-0.05, 0) is 6.07 Å². The van der Waals surface area contributed by atoms with Crippen molar-refractivity contribution in [2.24, 2.45) is 0 Å². The number of hydrogen-bond acceptors (Lipinski definition) is 4. The molecule has 0 aromatic heterocycles. The van der Waals surface area contributed by atoms with Gasteiger partial charge >= 0.3 is 0 Å². The molecular weight excluding hydrogens is 203 g/mol. The molecule has 78 valence electrons. The number of rotatable bonds is 1. The maximum atomic E-state index is 12.9. The summed E-state index contributed by atoms with van der Waals surface area (Å²) in [5.41, 5.74) is 4.66. The topological polar surface area (TPSA) is 89.4 Å². The molecule has 1 aromatic rings. The maximum Gasteiger partial charge on any atom is 0.296 e. The third kappa shape index (κ3) is 2.42. The molecule has 3 N–H and O–H groups in total. The Morgan fingerprint density at radius 3 is 2.80 bits per heavy atom. The quantitative estimate of drug-likeness (QED) is 0.308. The minimum atomic E-state index is -0.793. The first kappa shape index (κ1) is 10.9. The Bertz CT molecular complexity index is 462. The summed E-state index contributed by atoms with van der Waals surface area (Å²) in [6, 6.07) is 1.70. The van der Waals surface area contributed by atoms with Crippen LogP contribution in [-0.2, 0) is 0 Å². The maximum absolute atomic E-state index is 12.9. The van der Waals surface area contributed by atoms with Gasteiger partial charge in [-0.2, -0.15) is 0 Å². The van der Waals surface area contributed by atoms with Crippen LogP contribution in [0, 0.1) is 27.8 Å². The number of aliphatic hydroxyl groups is 1. The molecule has 15 heavy (non-hydrogen) atoms. The number of nitro groups is 1. The monoisotopic (exact) mass is 210 g/mol. The van der Waals surface area contributed by atoms with Crippen molar-refractivity contribution in [3.8, 4) is 11.8 Å². The van der Waals surface area contributed by atoms with E-state index >= 15 is 0 Å². The normalized spacial score (nSPS) is 9.20. The molecule has 1 aromatic carbocycles. The summed E-state index contributed by atoms with van der Waals surface area (Å²) in [6.45, 7) is -0.427. The molecule has 0 atom stereocenters. The number of benzene rings is 1. The van der Waals surface area contributed by atoms with Gasteiger partial charge in [0.1, 0.15) is 18.1 Å². The van der Waals surface area contributed by atoms with Crippen molar-refractivity contribution in [2.45, 2.75) is 0 Å². The number of nitrogen functional groups attached to an aromatic ring is 1. The average molecular weight is 210 g/mol. The number of nitrogens with two attached hydrogens (primary N) is 1. The van der Waals surface area contributed by atoms with Gasteiger partial charge in [0, 0.05) is 0 Å². The summed E-state index contributed by atoms with van der Waals surface area (Å²) in [4.78, 5) is 9.67. The highest BCUT2D eigenvalue weighted by Gasteiger charge is 2.16. The first-order chi connectivity index (χ1) is 7.06. The van der Waals surface area contributed by atoms with Crippen LogP contribution in [0.25, 0.3) is 0 Å². The minimum Gasteiger partial charge on any atom is -0.392 e. The number of anilines is 1. The van der Waals surface area contributed by atoms with Crippen molar-refractivity contribution in [1.82, 2.24) is 0 Å². The van der Waals surface area contributed by atoms with Gasteiger partial charge in [0.2, 0.25) is 0 Å². The zero-order valence-electron chi connectivity index (χ0n) is 7.53. The summed E-state index contributed by atoms with van der Waals surface area (Å²) in [6.07, 6.45) is 0. The van der Waals surface area contributed by atoms with Crippen LogP contribution in [0.15, 0.2) is 12.1 Å². The van der Waals surface area contributed by atoms with Crippen LogP contribution < -0.4 is 5.73 Å². The van der Waals surface area contributed by atoms with E-state index in [1.807, 2.05) is 0 Å². The van der Waals surface area contributed by atoms with E-state index in [2.05, 4.69) is 11.8 Å². The fraction of sp³-hybridized carbons (Fsp3) is 0.111. The van der Waals surface area contributed by atoms with Crippen LogP contribution in [0.5, 0.6) is 0 Å².